The van der Waals surface area contributed by atoms with Crippen LogP contribution in [-0.2, 0) is 4.79 Å². The van der Waals surface area contributed by atoms with Gasteiger partial charge in [0.2, 0.25) is 5.91 Å². The molecule has 1 amide bonds. The van der Waals surface area contributed by atoms with Crippen LogP contribution in [-0.4, -0.2) is 16.3 Å². The van der Waals surface area contributed by atoms with E-state index in [2.05, 4.69) is 9.69 Å². The lowest BCUT2D eigenvalue weighted by Crippen LogP contribution is -2.40. The number of nitrogens with two attached hydrogens (primary N) is 1. The van der Waals surface area contributed by atoms with Gasteiger partial charge >= 0.3 is 0 Å². The van der Waals surface area contributed by atoms with Gasteiger partial charge in [0.15, 0.2) is 5.15 Å². The fourth-order valence-electron chi connectivity index (χ4n) is 2.28. The summed E-state index contributed by atoms with van der Waals surface area (Å²) in [5.74, 6) is -0.479. The second-order valence-electron chi connectivity index (χ2n) is 4.33. The lowest BCUT2D eigenvalue weighted by atomic mass is 9.84. The molecule has 1 aromatic rings. The highest BCUT2D eigenvalue weighted by Gasteiger charge is 2.30. The van der Waals surface area contributed by atoms with Crippen LogP contribution in [0.4, 0.5) is 5.00 Å². The summed E-state index contributed by atoms with van der Waals surface area (Å²) in [4.78, 5) is 11.4. The van der Waals surface area contributed by atoms with Gasteiger partial charge in [0.05, 0.1) is 5.92 Å². The lowest BCUT2D eigenvalue weighted by Gasteiger charge is -2.30. The Bertz CT molecular complexity index is 496. The van der Waals surface area contributed by atoms with Crippen molar-refractivity contribution in [3.05, 3.63) is 10.7 Å². The van der Waals surface area contributed by atoms with Crippen molar-refractivity contribution < 1.29 is 4.79 Å². The highest BCUT2D eigenvalue weighted by atomic mass is 35.5. The fourth-order valence-corrected chi connectivity index (χ4v) is 3.28. The summed E-state index contributed by atoms with van der Waals surface area (Å²) >= 11 is 6.95. The molecule has 2 atom stereocenters. The quantitative estimate of drug-likeness (QED) is 0.889. The van der Waals surface area contributed by atoms with E-state index in [1.165, 1.54) is 0 Å². The molecule has 1 saturated carbocycles. The summed E-state index contributed by atoms with van der Waals surface area (Å²) in [6.07, 6.45) is 3.73. The molecule has 1 aromatic heterocycles. The fraction of sp³-hybridized carbons (Fsp3) is 0.545. The number of nitrogens with one attached hydrogen (secondary N) is 1. The highest BCUT2D eigenvalue weighted by molar-refractivity contribution is 7.10. The average Bonchev–Trinajstić information content (AvgIpc) is 2.70. The Morgan fingerprint density at radius 1 is 1.56 bits per heavy atom. The zero-order valence-corrected chi connectivity index (χ0v) is 11.2. The van der Waals surface area contributed by atoms with E-state index in [4.69, 9.17) is 22.6 Å². The summed E-state index contributed by atoms with van der Waals surface area (Å²) in [6, 6.07) is 1.99. The average molecular weight is 285 g/mol. The van der Waals surface area contributed by atoms with Crippen molar-refractivity contribution in [3.8, 4) is 6.07 Å². The molecule has 1 aliphatic carbocycles. The van der Waals surface area contributed by atoms with Crippen molar-refractivity contribution in [3.63, 3.8) is 0 Å². The number of aromatic nitrogens is 1. The van der Waals surface area contributed by atoms with Crippen molar-refractivity contribution in [2.75, 3.05) is 5.32 Å². The first-order chi connectivity index (χ1) is 8.63. The third-order valence-electron chi connectivity index (χ3n) is 3.21. The van der Waals surface area contributed by atoms with Crippen molar-refractivity contribution in [1.82, 2.24) is 4.37 Å². The van der Waals surface area contributed by atoms with Gasteiger partial charge in [-0.15, -0.1) is 0 Å². The summed E-state index contributed by atoms with van der Waals surface area (Å²) < 4.78 is 3.93. The smallest absolute Gasteiger partial charge is 0.222 e. The summed E-state index contributed by atoms with van der Waals surface area (Å²) in [5.41, 5.74) is 5.75. The molecule has 0 aliphatic heterocycles. The van der Waals surface area contributed by atoms with E-state index in [0.717, 1.165) is 37.2 Å². The van der Waals surface area contributed by atoms with E-state index >= 15 is 0 Å². The lowest BCUT2D eigenvalue weighted by molar-refractivity contribution is -0.122. The van der Waals surface area contributed by atoms with Crippen LogP contribution in [0.1, 0.15) is 31.2 Å². The van der Waals surface area contributed by atoms with E-state index in [9.17, 15) is 4.79 Å². The predicted octanol–water partition coefficient (Wildman–Crippen LogP) is 2.12. The van der Waals surface area contributed by atoms with Gasteiger partial charge in [-0.1, -0.05) is 24.4 Å². The first kappa shape index (κ1) is 13.1. The number of nitrogens with zero attached hydrogens (tertiary/aromatic N) is 2. The van der Waals surface area contributed by atoms with Gasteiger partial charge in [0, 0.05) is 6.04 Å². The Kier molecular flexibility index (Phi) is 4.04. The van der Waals surface area contributed by atoms with Crippen LogP contribution in [0.2, 0.25) is 5.15 Å². The van der Waals surface area contributed by atoms with Crippen molar-refractivity contribution >= 4 is 34.0 Å². The standard InChI is InChI=1S/C11H13ClN4OS/c12-9-7(5-13)11(18-16-9)15-8-4-2-1-3-6(8)10(14)17/h6,8,15H,1-4H2,(H2,14,17). The van der Waals surface area contributed by atoms with Crippen molar-refractivity contribution in [1.29, 1.82) is 5.26 Å². The van der Waals surface area contributed by atoms with E-state index < -0.39 is 0 Å². The maximum absolute atomic E-state index is 11.4. The van der Waals surface area contributed by atoms with Crippen LogP contribution in [0.25, 0.3) is 0 Å². The SMILES string of the molecule is N#Cc1c(Cl)nsc1NC1CCCCC1C(N)=O. The van der Waals surface area contributed by atoms with Gasteiger partial charge in [-0.25, -0.2) is 0 Å². The number of nitriles is 1. The molecule has 96 valence electrons. The molecule has 1 aliphatic rings. The number of carbonyl (C=O) groups is 1. The van der Waals surface area contributed by atoms with Crippen LogP contribution in [0.15, 0.2) is 0 Å². The molecule has 2 rings (SSSR count). The van der Waals surface area contributed by atoms with E-state index in [-0.39, 0.29) is 23.0 Å². The van der Waals surface area contributed by atoms with Gasteiger partial charge in [0.1, 0.15) is 16.6 Å². The molecule has 7 heteroatoms. The van der Waals surface area contributed by atoms with Gasteiger partial charge in [0.25, 0.3) is 0 Å². The van der Waals surface area contributed by atoms with Gasteiger partial charge in [-0.05, 0) is 24.4 Å². The minimum Gasteiger partial charge on any atom is -0.371 e. The Morgan fingerprint density at radius 3 is 2.94 bits per heavy atom. The molecule has 1 heterocycles. The molecular weight excluding hydrogens is 272 g/mol. The molecule has 0 bridgehead atoms. The topological polar surface area (TPSA) is 91.8 Å². The molecule has 1 fully saturated rings. The molecule has 18 heavy (non-hydrogen) atoms. The molecule has 5 nitrogen and oxygen atoms in total. The second kappa shape index (κ2) is 5.55. The molecule has 0 saturated heterocycles. The number of halogens is 1. The monoisotopic (exact) mass is 284 g/mol. The summed E-state index contributed by atoms with van der Waals surface area (Å²) in [7, 11) is 0. The maximum atomic E-state index is 11.4. The maximum Gasteiger partial charge on any atom is 0.222 e. The Morgan fingerprint density at radius 2 is 2.28 bits per heavy atom. The van der Waals surface area contributed by atoms with Gasteiger partial charge < -0.3 is 11.1 Å². The normalized spacial score (nSPS) is 23.3. The summed E-state index contributed by atoms with van der Waals surface area (Å²) in [6.45, 7) is 0. The van der Waals surface area contributed by atoms with Gasteiger partial charge in [-0.3, -0.25) is 4.79 Å². The zero-order chi connectivity index (χ0) is 13.1. The number of rotatable bonds is 3. The third-order valence-corrected chi connectivity index (χ3v) is 4.36. The van der Waals surface area contributed by atoms with Crippen LogP contribution < -0.4 is 11.1 Å². The van der Waals surface area contributed by atoms with Crippen LogP contribution in [0, 0.1) is 17.2 Å². The van der Waals surface area contributed by atoms with E-state index in [0.29, 0.717) is 10.6 Å². The van der Waals surface area contributed by atoms with E-state index in [1.54, 1.807) is 0 Å². The Labute approximate surface area is 114 Å². The van der Waals surface area contributed by atoms with Crippen LogP contribution >= 0.6 is 23.1 Å². The minimum absolute atomic E-state index is 0.0279. The molecule has 0 aromatic carbocycles. The first-order valence-corrected chi connectivity index (χ1v) is 6.89. The van der Waals surface area contributed by atoms with Gasteiger partial charge in [-0.2, -0.15) is 9.64 Å². The van der Waals surface area contributed by atoms with Crippen molar-refractivity contribution in [2.45, 2.75) is 31.7 Å². The molecule has 3 N–H and O–H groups in total. The molecular formula is C11H13ClN4OS. The van der Waals surface area contributed by atoms with Crippen LogP contribution in [0.5, 0.6) is 0 Å². The molecule has 2 unspecified atom stereocenters. The summed E-state index contributed by atoms with van der Waals surface area (Å²) in [5, 5.41) is 13.0. The number of carbonyl (C=O) groups excluding carboxylic acids is 1. The number of hydrogen-bond donors (Lipinski definition) is 2. The second-order valence-corrected chi connectivity index (χ2v) is 5.46. The number of anilines is 1. The number of hydrogen-bond acceptors (Lipinski definition) is 5. The molecule has 0 radical (unpaired) electrons. The zero-order valence-electron chi connectivity index (χ0n) is 9.65. The Hall–Kier alpha value is -1.32. The van der Waals surface area contributed by atoms with Crippen LogP contribution in [0.3, 0.4) is 0 Å². The number of amides is 1. The molecule has 0 spiro atoms. The first-order valence-electron chi connectivity index (χ1n) is 5.74. The Balaban J connectivity index is 2.16. The minimum atomic E-state index is -0.290. The number of primary amides is 1. The van der Waals surface area contributed by atoms with E-state index in [1.807, 2.05) is 6.07 Å². The third kappa shape index (κ3) is 2.57. The van der Waals surface area contributed by atoms with Crippen molar-refractivity contribution in [2.24, 2.45) is 11.7 Å². The predicted molar refractivity (Wildman–Crippen MR) is 70.4 cm³/mol. The largest absolute Gasteiger partial charge is 0.371 e. The highest BCUT2D eigenvalue weighted by Crippen LogP contribution is 2.32.